The number of carbonyl (C=O) groups is 2. The van der Waals surface area contributed by atoms with Crippen LogP contribution < -0.4 is 0 Å². The van der Waals surface area contributed by atoms with Gasteiger partial charge in [-0.2, -0.15) is 0 Å². The highest BCUT2D eigenvalue weighted by atomic mass is 35.5. The van der Waals surface area contributed by atoms with E-state index in [0.29, 0.717) is 22.1 Å². The first kappa shape index (κ1) is 16.9. The Morgan fingerprint density at radius 1 is 0.962 bits per heavy atom. The van der Waals surface area contributed by atoms with Gasteiger partial charge in [-0.3, -0.25) is 14.5 Å². The second kappa shape index (κ2) is 7.00. The van der Waals surface area contributed by atoms with Gasteiger partial charge in [0.15, 0.2) is 0 Å². The number of imide groups is 1. The van der Waals surface area contributed by atoms with Crippen LogP contribution in [0.5, 0.6) is 0 Å². The molecule has 0 unspecified atom stereocenters. The van der Waals surface area contributed by atoms with Crippen molar-refractivity contribution in [3.63, 3.8) is 0 Å². The largest absolute Gasteiger partial charge is 0.467 e. The Labute approximate surface area is 156 Å². The summed E-state index contributed by atoms with van der Waals surface area (Å²) >= 11 is 5.99. The van der Waals surface area contributed by atoms with E-state index in [-0.39, 0.29) is 18.4 Å². The van der Waals surface area contributed by atoms with E-state index in [1.807, 2.05) is 0 Å². The molecule has 1 aromatic carbocycles. The van der Waals surface area contributed by atoms with Gasteiger partial charge in [0.25, 0.3) is 11.8 Å². The van der Waals surface area contributed by atoms with Gasteiger partial charge in [-0.1, -0.05) is 23.7 Å². The maximum atomic E-state index is 13.1. The Kier molecular flexibility index (Phi) is 4.55. The third kappa shape index (κ3) is 3.03. The zero-order valence-electron chi connectivity index (χ0n) is 14.3. The Morgan fingerprint density at radius 3 is 2.35 bits per heavy atom. The quantitative estimate of drug-likeness (QED) is 0.770. The van der Waals surface area contributed by atoms with Crippen LogP contribution in [0.4, 0.5) is 0 Å². The van der Waals surface area contributed by atoms with Gasteiger partial charge in [0.1, 0.15) is 11.5 Å². The predicted molar refractivity (Wildman–Crippen MR) is 98.1 cm³/mol. The van der Waals surface area contributed by atoms with Crippen molar-refractivity contribution in [2.45, 2.75) is 25.8 Å². The van der Waals surface area contributed by atoms with Gasteiger partial charge < -0.3 is 9.32 Å². The van der Waals surface area contributed by atoms with Gasteiger partial charge >= 0.3 is 0 Å². The van der Waals surface area contributed by atoms with Crippen molar-refractivity contribution in [2.75, 3.05) is 13.1 Å². The summed E-state index contributed by atoms with van der Waals surface area (Å²) in [4.78, 5) is 29.6. The molecule has 1 fully saturated rings. The number of likely N-dealkylation sites (tertiary alicyclic amines) is 1. The molecule has 0 radical (unpaired) electrons. The van der Waals surface area contributed by atoms with Crippen LogP contribution in [0.15, 0.2) is 52.8 Å². The second-order valence-corrected chi connectivity index (χ2v) is 6.99. The van der Waals surface area contributed by atoms with E-state index in [1.165, 1.54) is 4.90 Å². The van der Waals surface area contributed by atoms with E-state index in [2.05, 4.69) is 4.90 Å². The first-order chi connectivity index (χ1) is 12.6. The van der Waals surface area contributed by atoms with Gasteiger partial charge in [0.2, 0.25) is 0 Å². The Bertz CT molecular complexity index is 850. The van der Waals surface area contributed by atoms with Crippen molar-refractivity contribution in [3.8, 4) is 0 Å². The monoisotopic (exact) mass is 370 g/mol. The topological polar surface area (TPSA) is 53.8 Å². The molecule has 3 heterocycles. The number of nitrogens with zero attached hydrogens (tertiary/aromatic N) is 2. The van der Waals surface area contributed by atoms with Crippen molar-refractivity contribution >= 4 is 29.0 Å². The second-order valence-electron chi connectivity index (χ2n) is 6.55. The number of benzene rings is 1. The third-order valence-corrected chi connectivity index (χ3v) is 5.09. The molecule has 4 rings (SSSR count). The lowest BCUT2D eigenvalue weighted by atomic mass is 10.0. The van der Waals surface area contributed by atoms with Crippen LogP contribution in [0, 0.1) is 0 Å². The first-order valence-corrected chi connectivity index (χ1v) is 9.16. The molecule has 0 N–H and O–H groups in total. The molecule has 0 spiro atoms. The minimum atomic E-state index is -0.283. The summed E-state index contributed by atoms with van der Waals surface area (Å²) in [7, 11) is 0. The molecule has 5 nitrogen and oxygen atoms in total. The molecule has 26 heavy (non-hydrogen) atoms. The molecule has 0 saturated carbocycles. The summed E-state index contributed by atoms with van der Waals surface area (Å²) in [6.07, 6.45) is 4.74. The zero-order valence-corrected chi connectivity index (χ0v) is 15.0. The molecule has 0 atom stereocenters. The number of hydrogen-bond donors (Lipinski definition) is 0. The summed E-state index contributed by atoms with van der Waals surface area (Å²) in [5.74, 6) is 0.0506. The maximum absolute atomic E-state index is 13.1. The van der Waals surface area contributed by atoms with Crippen molar-refractivity contribution < 1.29 is 14.0 Å². The molecular formula is C20H19ClN2O3. The fraction of sp³-hybridized carbons (Fsp3) is 0.300. The van der Waals surface area contributed by atoms with Crippen LogP contribution in [-0.4, -0.2) is 34.7 Å². The molecule has 2 aliphatic heterocycles. The number of halogens is 1. The lowest BCUT2D eigenvalue weighted by Gasteiger charge is -2.29. The maximum Gasteiger partial charge on any atom is 0.278 e. The summed E-state index contributed by atoms with van der Waals surface area (Å²) in [5.41, 5.74) is 1.68. The van der Waals surface area contributed by atoms with Crippen molar-refractivity contribution in [1.82, 2.24) is 9.80 Å². The number of piperidine rings is 1. The number of amides is 2. The number of furan rings is 1. The summed E-state index contributed by atoms with van der Waals surface area (Å²) in [5, 5.41) is 0.595. The minimum Gasteiger partial charge on any atom is -0.467 e. The molecule has 0 aliphatic carbocycles. The average Bonchev–Trinajstić information content (AvgIpc) is 3.25. The van der Waals surface area contributed by atoms with E-state index < -0.39 is 0 Å². The summed E-state index contributed by atoms with van der Waals surface area (Å²) in [6.45, 7) is 1.72. The van der Waals surface area contributed by atoms with Gasteiger partial charge in [0, 0.05) is 18.1 Å². The van der Waals surface area contributed by atoms with E-state index in [9.17, 15) is 9.59 Å². The average molecular weight is 371 g/mol. The standard InChI is InChI=1S/C20H19ClN2O3/c21-15-8-6-14(7-9-15)17-18(22-10-2-1-3-11-22)20(25)23(19(17)24)13-16-5-4-12-26-16/h4-9,12H,1-3,10-11,13H2. The molecule has 2 aliphatic rings. The van der Waals surface area contributed by atoms with Crippen LogP contribution >= 0.6 is 11.6 Å². The van der Waals surface area contributed by atoms with Crippen LogP contribution in [0.25, 0.3) is 5.57 Å². The Morgan fingerprint density at radius 2 is 1.69 bits per heavy atom. The highest BCUT2D eigenvalue weighted by molar-refractivity contribution is 6.35. The zero-order chi connectivity index (χ0) is 18.1. The lowest BCUT2D eigenvalue weighted by molar-refractivity contribution is -0.138. The number of carbonyl (C=O) groups excluding carboxylic acids is 2. The molecular weight excluding hydrogens is 352 g/mol. The van der Waals surface area contributed by atoms with Gasteiger partial charge in [0.05, 0.1) is 18.4 Å². The molecule has 0 bridgehead atoms. The van der Waals surface area contributed by atoms with Gasteiger partial charge in [-0.15, -0.1) is 0 Å². The highest BCUT2D eigenvalue weighted by Gasteiger charge is 2.42. The number of hydrogen-bond acceptors (Lipinski definition) is 4. The van der Waals surface area contributed by atoms with Crippen LogP contribution in [-0.2, 0) is 16.1 Å². The molecule has 2 amide bonds. The molecule has 134 valence electrons. The van der Waals surface area contributed by atoms with Gasteiger partial charge in [-0.05, 0) is 49.1 Å². The third-order valence-electron chi connectivity index (χ3n) is 4.84. The normalized spacial score (nSPS) is 18.2. The van der Waals surface area contributed by atoms with Gasteiger partial charge in [-0.25, -0.2) is 0 Å². The summed E-state index contributed by atoms with van der Waals surface area (Å²) in [6, 6.07) is 10.6. The van der Waals surface area contributed by atoms with Crippen LogP contribution in [0.1, 0.15) is 30.6 Å². The van der Waals surface area contributed by atoms with Crippen LogP contribution in [0.3, 0.4) is 0 Å². The first-order valence-electron chi connectivity index (χ1n) is 8.79. The molecule has 2 aromatic rings. The Hall–Kier alpha value is -2.53. The molecule has 6 heteroatoms. The Balaban J connectivity index is 1.74. The SMILES string of the molecule is O=C1C(c2ccc(Cl)cc2)=C(N2CCCCC2)C(=O)N1Cc1ccco1. The molecule has 1 aromatic heterocycles. The highest BCUT2D eigenvalue weighted by Crippen LogP contribution is 2.34. The van der Waals surface area contributed by atoms with Crippen molar-refractivity contribution in [3.05, 3.63) is 64.7 Å². The fourth-order valence-corrected chi connectivity index (χ4v) is 3.68. The smallest absolute Gasteiger partial charge is 0.278 e. The minimum absolute atomic E-state index is 0.138. The van der Waals surface area contributed by atoms with E-state index in [4.69, 9.17) is 16.0 Å². The van der Waals surface area contributed by atoms with E-state index >= 15 is 0 Å². The number of rotatable bonds is 4. The van der Waals surface area contributed by atoms with E-state index in [0.717, 1.165) is 37.9 Å². The van der Waals surface area contributed by atoms with Crippen molar-refractivity contribution in [2.24, 2.45) is 0 Å². The van der Waals surface area contributed by atoms with Crippen LogP contribution in [0.2, 0.25) is 5.02 Å². The molecule has 1 saturated heterocycles. The van der Waals surface area contributed by atoms with Crippen molar-refractivity contribution in [1.29, 1.82) is 0 Å². The van der Waals surface area contributed by atoms with E-state index in [1.54, 1.807) is 42.7 Å². The lowest BCUT2D eigenvalue weighted by Crippen LogP contribution is -2.36. The summed E-state index contributed by atoms with van der Waals surface area (Å²) < 4.78 is 5.33. The fourth-order valence-electron chi connectivity index (χ4n) is 3.55. The predicted octanol–water partition coefficient (Wildman–Crippen LogP) is 3.70.